The van der Waals surface area contributed by atoms with Crippen molar-refractivity contribution in [3.05, 3.63) is 47.7 Å². The molecule has 2 aromatic rings. The van der Waals surface area contributed by atoms with Crippen molar-refractivity contribution in [2.75, 3.05) is 0 Å². The first-order valence-electron chi connectivity index (χ1n) is 10.3. The molecule has 2 heterocycles. The molecular weight excluding hydrogens is 339 g/mol. The van der Waals surface area contributed by atoms with Crippen LogP contribution in [0.3, 0.4) is 0 Å². The zero-order valence-corrected chi connectivity index (χ0v) is 15.7. The van der Waals surface area contributed by atoms with E-state index in [1.54, 1.807) is 0 Å². The van der Waals surface area contributed by atoms with Gasteiger partial charge in [0.2, 0.25) is 0 Å². The van der Waals surface area contributed by atoms with Crippen molar-refractivity contribution in [3.63, 3.8) is 0 Å². The van der Waals surface area contributed by atoms with E-state index in [4.69, 9.17) is 0 Å². The summed E-state index contributed by atoms with van der Waals surface area (Å²) in [6.07, 6.45) is 10.1. The third kappa shape index (κ3) is 1.87. The van der Waals surface area contributed by atoms with Gasteiger partial charge in [-0.25, -0.2) is 9.37 Å². The highest BCUT2D eigenvalue weighted by Gasteiger charge is 2.73. The van der Waals surface area contributed by atoms with Gasteiger partial charge in [0, 0.05) is 17.5 Å². The highest BCUT2D eigenvalue weighted by Crippen LogP contribution is 2.73. The lowest BCUT2D eigenvalue weighted by atomic mass is 9.37. The number of aromatic nitrogens is 2. The fraction of sp³-hybridized carbons (Fsp3) is 0.522. The van der Waals surface area contributed by atoms with E-state index in [9.17, 15) is 9.50 Å². The molecule has 3 saturated carbocycles. The standard InChI is InChI=1S/C23H25FN2O/c1-14-22-12-26-13-25-21(15-5-9-18(24)10-6-15)19(26)11-17(22)3-2-4-20(22)23(14,27)16-7-8-16/h5-6,9-11,13-14,16,20,27H,2-4,7-8,12H2,1H3/t14?,20-,22+,23+/m0/s1. The van der Waals surface area contributed by atoms with Crippen LogP contribution in [0.4, 0.5) is 4.39 Å². The summed E-state index contributed by atoms with van der Waals surface area (Å²) < 4.78 is 15.6. The van der Waals surface area contributed by atoms with Gasteiger partial charge in [-0.2, -0.15) is 0 Å². The number of aliphatic hydroxyl groups is 1. The molecule has 0 amide bonds. The summed E-state index contributed by atoms with van der Waals surface area (Å²) in [4.78, 5) is 4.68. The van der Waals surface area contributed by atoms with Crippen LogP contribution < -0.4 is 0 Å². The number of imidazole rings is 1. The number of hydrogen-bond acceptors (Lipinski definition) is 2. The molecule has 27 heavy (non-hydrogen) atoms. The molecule has 140 valence electrons. The Morgan fingerprint density at radius 1 is 1.19 bits per heavy atom. The van der Waals surface area contributed by atoms with Gasteiger partial charge in [-0.3, -0.25) is 0 Å². The Balaban J connectivity index is 1.44. The Morgan fingerprint density at radius 2 is 1.96 bits per heavy atom. The number of rotatable bonds is 2. The van der Waals surface area contributed by atoms with Crippen LogP contribution in [0.5, 0.6) is 0 Å². The van der Waals surface area contributed by atoms with E-state index in [2.05, 4.69) is 22.6 Å². The van der Waals surface area contributed by atoms with E-state index in [1.807, 2.05) is 18.5 Å². The Bertz CT molecular complexity index is 957. The van der Waals surface area contributed by atoms with Crippen LogP contribution in [0.15, 0.2) is 36.2 Å². The van der Waals surface area contributed by atoms with E-state index in [1.165, 1.54) is 37.0 Å². The maximum atomic E-state index is 13.3. The lowest BCUT2D eigenvalue weighted by Crippen LogP contribution is -2.72. The van der Waals surface area contributed by atoms with Crippen LogP contribution in [0.2, 0.25) is 0 Å². The average Bonchev–Trinajstić information content (AvgIpc) is 3.47. The molecule has 1 N–H and O–H groups in total. The molecule has 1 aromatic heterocycles. The van der Waals surface area contributed by atoms with Gasteiger partial charge in [0.1, 0.15) is 5.82 Å². The van der Waals surface area contributed by atoms with E-state index >= 15 is 0 Å². The third-order valence-corrected chi connectivity index (χ3v) is 8.15. The fourth-order valence-electron chi connectivity index (χ4n) is 6.74. The highest BCUT2D eigenvalue weighted by molar-refractivity contribution is 5.73. The van der Waals surface area contributed by atoms with Crippen molar-refractivity contribution in [2.45, 2.75) is 51.2 Å². The predicted octanol–water partition coefficient (Wildman–Crippen LogP) is 4.66. The van der Waals surface area contributed by atoms with Gasteiger partial charge in [-0.1, -0.05) is 12.5 Å². The minimum absolute atomic E-state index is 0.101. The average molecular weight is 364 g/mol. The summed E-state index contributed by atoms with van der Waals surface area (Å²) >= 11 is 0. The number of allylic oxidation sites excluding steroid dienone is 1. The lowest BCUT2D eigenvalue weighted by molar-refractivity contribution is -0.259. The number of nitrogens with zero attached hydrogens (tertiary/aromatic N) is 2. The first-order chi connectivity index (χ1) is 13.0. The first kappa shape index (κ1) is 16.1. The summed E-state index contributed by atoms with van der Waals surface area (Å²) in [5, 5.41) is 11.5. The smallest absolute Gasteiger partial charge is 0.123 e. The summed E-state index contributed by atoms with van der Waals surface area (Å²) in [5.41, 5.74) is 4.18. The molecule has 1 aliphatic heterocycles. The molecule has 3 aliphatic carbocycles. The monoisotopic (exact) mass is 364 g/mol. The second-order valence-corrected chi connectivity index (χ2v) is 9.15. The van der Waals surface area contributed by atoms with Gasteiger partial charge >= 0.3 is 0 Å². The van der Waals surface area contributed by atoms with Crippen LogP contribution in [-0.2, 0) is 6.54 Å². The molecule has 1 unspecified atom stereocenters. The maximum absolute atomic E-state index is 13.3. The Morgan fingerprint density at radius 3 is 2.70 bits per heavy atom. The van der Waals surface area contributed by atoms with Gasteiger partial charge in [0.25, 0.3) is 0 Å². The molecule has 3 nitrogen and oxygen atoms in total. The van der Waals surface area contributed by atoms with Crippen molar-refractivity contribution in [1.82, 2.24) is 9.55 Å². The summed E-state index contributed by atoms with van der Waals surface area (Å²) in [7, 11) is 0. The first-order valence-corrected chi connectivity index (χ1v) is 10.3. The Labute approximate surface area is 158 Å². The predicted molar refractivity (Wildman–Crippen MR) is 102 cm³/mol. The van der Waals surface area contributed by atoms with Crippen molar-refractivity contribution < 1.29 is 9.50 Å². The minimum Gasteiger partial charge on any atom is -0.389 e. The zero-order valence-electron chi connectivity index (χ0n) is 15.7. The van der Waals surface area contributed by atoms with Gasteiger partial charge in [0.05, 0.1) is 23.3 Å². The summed E-state index contributed by atoms with van der Waals surface area (Å²) in [6, 6.07) is 6.61. The molecule has 3 fully saturated rings. The quantitative estimate of drug-likeness (QED) is 0.841. The number of benzene rings is 1. The van der Waals surface area contributed by atoms with E-state index < -0.39 is 5.60 Å². The largest absolute Gasteiger partial charge is 0.389 e. The summed E-state index contributed by atoms with van der Waals surface area (Å²) in [5.74, 6) is 0.986. The fourth-order valence-corrected chi connectivity index (χ4v) is 6.74. The molecule has 1 spiro atoms. The molecule has 0 saturated heterocycles. The van der Waals surface area contributed by atoms with Gasteiger partial charge in [0.15, 0.2) is 0 Å². The van der Waals surface area contributed by atoms with Crippen LogP contribution in [0, 0.1) is 29.0 Å². The molecular formula is C23H25FN2O. The zero-order chi connectivity index (χ0) is 18.4. The maximum Gasteiger partial charge on any atom is 0.123 e. The van der Waals surface area contributed by atoms with Crippen molar-refractivity contribution >= 4 is 6.08 Å². The molecule has 4 heteroatoms. The van der Waals surface area contributed by atoms with Gasteiger partial charge < -0.3 is 9.67 Å². The minimum atomic E-state index is -0.461. The van der Waals surface area contributed by atoms with E-state index in [0.717, 1.165) is 36.3 Å². The van der Waals surface area contributed by atoms with Crippen molar-refractivity contribution in [3.8, 4) is 11.3 Å². The number of fused-ring (bicyclic) bond motifs is 1. The van der Waals surface area contributed by atoms with Crippen molar-refractivity contribution in [1.29, 1.82) is 0 Å². The topological polar surface area (TPSA) is 38.1 Å². The van der Waals surface area contributed by atoms with Crippen LogP contribution in [-0.4, -0.2) is 20.3 Å². The van der Waals surface area contributed by atoms with Gasteiger partial charge in [-0.15, -0.1) is 0 Å². The van der Waals surface area contributed by atoms with Crippen LogP contribution >= 0.6 is 0 Å². The van der Waals surface area contributed by atoms with Crippen LogP contribution in [0.25, 0.3) is 17.3 Å². The molecule has 0 bridgehead atoms. The molecule has 0 radical (unpaired) electrons. The Kier molecular flexibility index (Phi) is 3.04. The third-order valence-electron chi connectivity index (χ3n) is 8.15. The summed E-state index contributed by atoms with van der Waals surface area (Å²) in [6.45, 7) is 3.19. The van der Waals surface area contributed by atoms with E-state index in [-0.39, 0.29) is 11.2 Å². The second kappa shape index (κ2) is 5.11. The SMILES string of the molecule is CC1[C@@](O)(C2CC2)[C@H]2CCCC3=Cc4c(-c5ccc(F)cc5)ncn4C[C@]312. The second-order valence-electron chi connectivity index (χ2n) is 9.15. The molecule has 4 atom stereocenters. The highest BCUT2D eigenvalue weighted by atomic mass is 19.1. The Hall–Kier alpha value is -1.94. The molecule has 4 aliphatic rings. The normalized spacial score (nSPS) is 36.9. The molecule has 1 aromatic carbocycles. The van der Waals surface area contributed by atoms with Crippen molar-refractivity contribution in [2.24, 2.45) is 23.2 Å². The van der Waals surface area contributed by atoms with Crippen LogP contribution in [0.1, 0.15) is 44.7 Å². The number of hydrogen-bond donors (Lipinski definition) is 1. The van der Waals surface area contributed by atoms with Gasteiger partial charge in [-0.05, 0) is 80.2 Å². The lowest BCUT2D eigenvalue weighted by Gasteiger charge is -2.70. The van der Waals surface area contributed by atoms with E-state index in [0.29, 0.717) is 17.8 Å². The molecule has 6 rings (SSSR count). The number of halogens is 1.